The molecule has 0 saturated heterocycles. The molecular weight excluding hydrogens is 275 g/mol. The van der Waals surface area contributed by atoms with E-state index in [-0.39, 0.29) is 24.1 Å². The molecule has 104 valence electrons. The van der Waals surface area contributed by atoms with Crippen LogP contribution in [0.25, 0.3) is 10.4 Å². The fourth-order valence-corrected chi connectivity index (χ4v) is 1.27. The summed E-state index contributed by atoms with van der Waals surface area (Å²) in [6, 6.07) is 3.36. The highest BCUT2D eigenvalue weighted by Gasteiger charge is 2.31. The third-order valence-corrected chi connectivity index (χ3v) is 1.93. The number of alkyl halides is 3. The average Bonchev–Trinajstić information content (AvgIpc) is 2.36. The Morgan fingerprint density at radius 3 is 2.75 bits per heavy atom. The van der Waals surface area contributed by atoms with Gasteiger partial charge in [-0.25, -0.2) is 0 Å². The van der Waals surface area contributed by atoms with Crippen molar-refractivity contribution in [3.63, 3.8) is 0 Å². The summed E-state index contributed by atoms with van der Waals surface area (Å²) in [7, 11) is 0. The van der Waals surface area contributed by atoms with Gasteiger partial charge in [-0.2, -0.15) is 0 Å². The van der Waals surface area contributed by atoms with Crippen LogP contribution in [0, 0.1) is 11.8 Å². The molecule has 1 aromatic carbocycles. The normalized spacial score (nSPS) is 9.95. The molecule has 8 heteroatoms. The monoisotopic (exact) mass is 283 g/mol. The molecule has 0 aromatic heterocycles. The molecule has 0 unspecified atom stereocenters. The highest BCUT2D eigenvalue weighted by Crippen LogP contribution is 2.24. The smallest absolute Gasteiger partial charge is 0.406 e. The second kappa shape index (κ2) is 7.07. The quantitative estimate of drug-likeness (QED) is 0.212. The molecule has 0 bridgehead atoms. The summed E-state index contributed by atoms with van der Waals surface area (Å²) >= 11 is 0. The molecule has 0 aliphatic heterocycles. The summed E-state index contributed by atoms with van der Waals surface area (Å²) < 4.78 is 40.1. The maximum atomic E-state index is 12.1. The van der Waals surface area contributed by atoms with Crippen molar-refractivity contribution in [3.05, 3.63) is 39.8 Å². The van der Waals surface area contributed by atoms with Gasteiger partial charge in [-0.05, 0) is 23.7 Å². The van der Waals surface area contributed by atoms with E-state index >= 15 is 0 Å². The number of azide groups is 1. The zero-order valence-corrected chi connectivity index (χ0v) is 10.0. The van der Waals surface area contributed by atoms with Crippen LogP contribution in [0.3, 0.4) is 0 Å². The van der Waals surface area contributed by atoms with Gasteiger partial charge in [0.15, 0.2) is 0 Å². The number of hydrogen-bond donors (Lipinski definition) is 0. The molecule has 0 heterocycles. The molecule has 20 heavy (non-hydrogen) atoms. The fraction of sp³-hybridized carbons (Fsp3) is 0.250. The minimum Gasteiger partial charge on any atom is -0.406 e. The van der Waals surface area contributed by atoms with Crippen molar-refractivity contribution in [2.45, 2.75) is 12.8 Å². The van der Waals surface area contributed by atoms with Gasteiger partial charge in [0, 0.05) is 29.0 Å². The minimum atomic E-state index is -4.84. The van der Waals surface area contributed by atoms with Crippen LogP contribution in [0.5, 0.6) is 5.75 Å². The number of hydrogen-bond acceptors (Lipinski definition) is 3. The highest BCUT2D eigenvalue weighted by atomic mass is 19.4. The van der Waals surface area contributed by atoms with Gasteiger partial charge in [0.2, 0.25) is 0 Å². The van der Waals surface area contributed by atoms with Gasteiger partial charge < -0.3 is 4.74 Å². The largest absolute Gasteiger partial charge is 0.573 e. The molecule has 1 aromatic rings. The van der Waals surface area contributed by atoms with Crippen molar-refractivity contribution in [2.75, 3.05) is 6.54 Å². The number of ether oxygens (including phenoxy) is 1. The Morgan fingerprint density at radius 2 is 2.15 bits per heavy atom. The molecule has 5 nitrogen and oxygen atoms in total. The number of rotatable bonds is 4. The van der Waals surface area contributed by atoms with Crippen molar-refractivity contribution < 1.29 is 22.7 Å². The van der Waals surface area contributed by atoms with Crippen LogP contribution in [0.2, 0.25) is 0 Å². The van der Waals surface area contributed by atoms with Gasteiger partial charge in [-0.3, -0.25) is 4.79 Å². The maximum Gasteiger partial charge on any atom is 0.573 e. The van der Waals surface area contributed by atoms with Crippen molar-refractivity contribution in [2.24, 2.45) is 5.11 Å². The summed E-state index contributed by atoms with van der Waals surface area (Å²) in [4.78, 5) is 13.2. The molecule has 0 saturated carbocycles. The Kier molecular flexibility index (Phi) is 5.44. The third-order valence-electron chi connectivity index (χ3n) is 1.93. The van der Waals surface area contributed by atoms with Gasteiger partial charge in [0.25, 0.3) is 0 Å². The van der Waals surface area contributed by atoms with Gasteiger partial charge >= 0.3 is 6.36 Å². The number of aldehydes is 1. The lowest BCUT2D eigenvalue weighted by atomic mass is 10.1. The van der Waals surface area contributed by atoms with Crippen molar-refractivity contribution in [1.29, 1.82) is 0 Å². The van der Waals surface area contributed by atoms with E-state index in [4.69, 9.17) is 5.53 Å². The fourth-order valence-electron chi connectivity index (χ4n) is 1.27. The highest BCUT2D eigenvalue weighted by molar-refractivity contribution is 5.76. The van der Waals surface area contributed by atoms with Gasteiger partial charge in [-0.1, -0.05) is 17.0 Å². The standard InChI is InChI=1S/C12H8F3N3O2/c13-12(14,15)20-11-6-9(5-10(7-11)8-19)3-1-2-4-17-18-16/h5-8H,2,4H2. The summed E-state index contributed by atoms with van der Waals surface area (Å²) in [6.45, 7) is 0.156. The third kappa shape index (κ3) is 5.80. The Hall–Kier alpha value is -2.65. The Bertz CT molecular complexity index is 596. The number of carbonyl (C=O) groups is 1. The molecule has 0 aliphatic rings. The summed E-state index contributed by atoms with van der Waals surface area (Å²) in [5, 5.41) is 3.25. The van der Waals surface area contributed by atoms with Crippen molar-refractivity contribution in [1.82, 2.24) is 0 Å². The van der Waals surface area contributed by atoms with Gasteiger partial charge in [-0.15, -0.1) is 13.2 Å². The van der Waals surface area contributed by atoms with Gasteiger partial charge in [0.05, 0.1) is 0 Å². The average molecular weight is 283 g/mol. The molecule has 1 rings (SSSR count). The first-order valence-electron chi connectivity index (χ1n) is 5.30. The van der Waals surface area contributed by atoms with Crippen LogP contribution in [0.4, 0.5) is 13.2 Å². The topological polar surface area (TPSA) is 75.1 Å². The minimum absolute atomic E-state index is 0.0195. The number of carbonyl (C=O) groups excluding carboxylic acids is 1. The summed E-state index contributed by atoms with van der Waals surface area (Å²) in [5.74, 6) is 4.66. The van der Waals surface area contributed by atoms with Crippen molar-refractivity contribution >= 4 is 6.29 Å². The van der Waals surface area contributed by atoms with Crippen LogP contribution >= 0.6 is 0 Å². The van der Waals surface area contributed by atoms with Crippen molar-refractivity contribution in [3.8, 4) is 17.6 Å². The number of benzene rings is 1. The molecule has 0 N–H and O–H groups in total. The zero-order valence-electron chi connectivity index (χ0n) is 10.0. The molecule has 0 radical (unpaired) electrons. The predicted molar refractivity (Wildman–Crippen MR) is 64.0 cm³/mol. The first-order valence-corrected chi connectivity index (χ1v) is 5.30. The van der Waals surface area contributed by atoms with Crippen LogP contribution in [-0.2, 0) is 0 Å². The van der Waals surface area contributed by atoms with E-state index in [2.05, 4.69) is 26.6 Å². The molecule has 0 spiro atoms. The van der Waals surface area contributed by atoms with E-state index < -0.39 is 12.1 Å². The van der Waals surface area contributed by atoms with Crippen LogP contribution in [0.1, 0.15) is 22.3 Å². The molecule has 0 atom stereocenters. The van der Waals surface area contributed by atoms with E-state index in [0.29, 0.717) is 6.29 Å². The molecule has 0 aliphatic carbocycles. The number of nitrogens with zero attached hydrogens (tertiary/aromatic N) is 3. The molecular formula is C12H8F3N3O2. The van der Waals surface area contributed by atoms with Crippen LogP contribution in [-0.4, -0.2) is 19.2 Å². The molecule has 0 fully saturated rings. The molecule has 0 amide bonds. The first kappa shape index (κ1) is 15.4. The Balaban J connectivity index is 2.92. The number of halogens is 3. The van der Waals surface area contributed by atoms with E-state index in [9.17, 15) is 18.0 Å². The van der Waals surface area contributed by atoms with E-state index in [0.717, 1.165) is 12.1 Å². The van der Waals surface area contributed by atoms with Crippen LogP contribution in [0.15, 0.2) is 23.3 Å². The van der Waals surface area contributed by atoms with Crippen LogP contribution < -0.4 is 4.74 Å². The summed E-state index contributed by atoms with van der Waals surface area (Å²) in [6.07, 6.45) is -4.19. The summed E-state index contributed by atoms with van der Waals surface area (Å²) in [5.41, 5.74) is 8.27. The Labute approximate surface area is 112 Å². The first-order chi connectivity index (χ1) is 9.44. The van der Waals surface area contributed by atoms with Gasteiger partial charge in [0.1, 0.15) is 12.0 Å². The lowest BCUT2D eigenvalue weighted by molar-refractivity contribution is -0.274. The lowest BCUT2D eigenvalue weighted by Gasteiger charge is -2.09. The van der Waals surface area contributed by atoms with E-state index in [1.807, 2.05) is 0 Å². The SMILES string of the molecule is [N-]=[N+]=NCCC#Cc1cc(C=O)cc(OC(F)(F)F)c1. The maximum absolute atomic E-state index is 12.1. The Morgan fingerprint density at radius 1 is 1.40 bits per heavy atom. The second-order valence-electron chi connectivity index (χ2n) is 3.46. The second-order valence-corrected chi connectivity index (χ2v) is 3.46. The van der Waals surface area contributed by atoms with E-state index in [1.54, 1.807) is 0 Å². The zero-order chi connectivity index (χ0) is 15.0. The van der Waals surface area contributed by atoms with E-state index in [1.165, 1.54) is 6.07 Å². The predicted octanol–water partition coefficient (Wildman–Crippen LogP) is 3.45. The lowest BCUT2D eigenvalue weighted by Crippen LogP contribution is -2.17.